The zero-order valence-electron chi connectivity index (χ0n) is 21.5. The first-order chi connectivity index (χ1) is 18.1. The van der Waals surface area contributed by atoms with E-state index in [0.29, 0.717) is 0 Å². The first-order valence-corrected chi connectivity index (χ1v) is 13.1. The number of likely N-dealkylation sites (tertiary alicyclic amines) is 1. The van der Waals surface area contributed by atoms with Crippen LogP contribution in [0.1, 0.15) is 18.4 Å². The maximum Gasteiger partial charge on any atom is 0.411 e. The van der Waals surface area contributed by atoms with Gasteiger partial charge in [0.25, 0.3) is 0 Å². The normalized spacial score (nSPS) is 14.6. The summed E-state index contributed by atoms with van der Waals surface area (Å²) in [4.78, 5) is 17.5. The molecule has 37 heavy (non-hydrogen) atoms. The number of fused-ring (bicyclic) bond motifs is 1. The van der Waals surface area contributed by atoms with E-state index >= 15 is 0 Å². The van der Waals surface area contributed by atoms with Gasteiger partial charge >= 0.3 is 6.09 Å². The van der Waals surface area contributed by atoms with Gasteiger partial charge in [0.2, 0.25) is 0 Å². The number of likely N-dealkylation sites (N-methyl/N-ethyl adjacent to an activating group) is 1. The molecule has 0 atom stereocenters. The summed E-state index contributed by atoms with van der Waals surface area (Å²) >= 11 is 0. The van der Waals surface area contributed by atoms with Crippen molar-refractivity contribution >= 4 is 22.6 Å². The molecule has 0 bridgehead atoms. The quantitative estimate of drug-likeness (QED) is 0.298. The van der Waals surface area contributed by atoms with Gasteiger partial charge in [-0.1, -0.05) is 84.9 Å². The topological polar surface area (TPSA) is 44.8 Å². The molecule has 5 rings (SSSR count). The van der Waals surface area contributed by atoms with Crippen LogP contribution in [0.5, 0.6) is 0 Å². The molecule has 1 aliphatic heterocycles. The van der Waals surface area contributed by atoms with Gasteiger partial charge in [0.15, 0.2) is 0 Å². The third-order valence-electron chi connectivity index (χ3n) is 7.12. The van der Waals surface area contributed by atoms with Gasteiger partial charge in [-0.2, -0.15) is 0 Å². The summed E-state index contributed by atoms with van der Waals surface area (Å²) in [5, 5.41) is 5.54. The van der Waals surface area contributed by atoms with Gasteiger partial charge in [-0.05, 0) is 53.9 Å². The monoisotopic (exact) mass is 493 g/mol. The predicted molar refractivity (Wildman–Crippen MR) is 152 cm³/mol. The predicted octanol–water partition coefficient (Wildman–Crippen LogP) is 6.65. The second-order valence-electron chi connectivity index (χ2n) is 9.90. The molecule has 0 unspecified atom stereocenters. The highest BCUT2D eigenvalue weighted by Gasteiger charge is 2.23. The Bertz CT molecular complexity index is 1320. The highest BCUT2D eigenvalue weighted by Crippen LogP contribution is 2.28. The third-order valence-corrected chi connectivity index (χ3v) is 7.12. The van der Waals surface area contributed by atoms with E-state index in [0.717, 1.165) is 62.4 Å². The number of rotatable bonds is 8. The molecule has 5 heteroatoms. The van der Waals surface area contributed by atoms with Gasteiger partial charge in [0, 0.05) is 38.3 Å². The summed E-state index contributed by atoms with van der Waals surface area (Å²) in [5.74, 6) is 0. The molecule has 4 aromatic carbocycles. The number of hydrogen-bond acceptors (Lipinski definition) is 4. The molecule has 1 saturated heterocycles. The van der Waals surface area contributed by atoms with Crippen LogP contribution in [0.25, 0.3) is 21.9 Å². The Hall–Kier alpha value is -3.67. The number of hydrogen-bond donors (Lipinski definition) is 1. The largest absolute Gasteiger partial charge is 0.446 e. The number of anilines is 1. The van der Waals surface area contributed by atoms with Gasteiger partial charge in [-0.3, -0.25) is 5.32 Å². The molecule has 0 spiro atoms. The Kier molecular flexibility index (Phi) is 8.14. The molecule has 0 aliphatic carbocycles. The van der Waals surface area contributed by atoms with E-state index in [9.17, 15) is 4.79 Å². The highest BCUT2D eigenvalue weighted by molar-refractivity contribution is 5.91. The summed E-state index contributed by atoms with van der Waals surface area (Å²) in [6, 6.07) is 33.1. The zero-order chi connectivity index (χ0) is 25.5. The van der Waals surface area contributed by atoms with E-state index in [2.05, 4.69) is 64.6 Å². The van der Waals surface area contributed by atoms with E-state index in [1.165, 1.54) is 16.3 Å². The lowest BCUT2D eigenvalue weighted by atomic mass is 10.0. The summed E-state index contributed by atoms with van der Waals surface area (Å²) in [6.45, 7) is 4.86. The zero-order valence-corrected chi connectivity index (χ0v) is 21.5. The van der Waals surface area contributed by atoms with Gasteiger partial charge in [-0.15, -0.1) is 0 Å². The van der Waals surface area contributed by atoms with E-state index < -0.39 is 0 Å². The second kappa shape index (κ2) is 12.0. The van der Waals surface area contributed by atoms with Crippen molar-refractivity contribution in [1.82, 2.24) is 9.80 Å². The number of carbonyl (C=O) groups excluding carboxylic acids is 1. The average molecular weight is 494 g/mol. The number of nitrogens with one attached hydrogen (secondary N) is 1. The standard InChI is InChI=1S/C32H35N3O2/c1-34(24-25-15-16-26-9-5-6-12-28(26)23-25)21-22-35-19-17-29(18-20-35)37-32(36)33-31-14-8-7-13-30(31)27-10-3-2-4-11-27/h2-16,23,29H,17-22,24H2,1H3,(H,33,36). The lowest BCUT2D eigenvalue weighted by Crippen LogP contribution is -2.41. The molecule has 0 radical (unpaired) electrons. The van der Waals surface area contributed by atoms with Crippen LogP contribution in [0.15, 0.2) is 97.1 Å². The number of piperidine rings is 1. The van der Waals surface area contributed by atoms with Gasteiger partial charge in [0.05, 0.1) is 5.69 Å². The minimum absolute atomic E-state index is 0.0459. The fraction of sp³-hybridized carbons (Fsp3) is 0.281. The average Bonchev–Trinajstić information content (AvgIpc) is 2.93. The van der Waals surface area contributed by atoms with Crippen molar-refractivity contribution in [3.8, 4) is 11.1 Å². The molecule has 1 heterocycles. The first-order valence-electron chi connectivity index (χ1n) is 13.1. The summed E-state index contributed by atoms with van der Waals surface area (Å²) in [6.07, 6.45) is 1.30. The van der Waals surface area contributed by atoms with Crippen molar-refractivity contribution in [2.75, 3.05) is 38.5 Å². The Labute approximate surface area is 219 Å². The molecule has 1 N–H and O–H groups in total. The van der Waals surface area contributed by atoms with Crippen LogP contribution in [-0.4, -0.2) is 55.2 Å². The number of ether oxygens (including phenoxy) is 1. The van der Waals surface area contributed by atoms with Gasteiger partial charge in [0.1, 0.15) is 6.10 Å². The molecule has 190 valence electrons. The summed E-state index contributed by atoms with van der Waals surface area (Å²) < 4.78 is 5.79. The SMILES string of the molecule is CN(CCN1CCC(OC(=O)Nc2ccccc2-c2ccccc2)CC1)Cc1ccc2ccccc2c1. The van der Waals surface area contributed by atoms with Crippen molar-refractivity contribution < 1.29 is 9.53 Å². The number of nitrogens with zero attached hydrogens (tertiary/aromatic N) is 2. The number of amides is 1. The Balaban J connectivity index is 1.05. The fourth-order valence-corrected chi connectivity index (χ4v) is 5.04. The van der Waals surface area contributed by atoms with Crippen molar-refractivity contribution in [3.05, 3.63) is 103 Å². The summed E-state index contributed by atoms with van der Waals surface area (Å²) in [7, 11) is 2.18. The van der Waals surface area contributed by atoms with Crippen molar-refractivity contribution in [2.24, 2.45) is 0 Å². The number of benzene rings is 4. The van der Waals surface area contributed by atoms with Crippen LogP contribution in [0.3, 0.4) is 0 Å². The van der Waals surface area contributed by atoms with Crippen LogP contribution in [-0.2, 0) is 11.3 Å². The minimum atomic E-state index is -0.378. The third kappa shape index (κ3) is 6.76. The van der Waals surface area contributed by atoms with Gasteiger partial charge in [-0.25, -0.2) is 4.79 Å². The van der Waals surface area contributed by atoms with Crippen LogP contribution in [0.2, 0.25) is 0 Å². The molecule has 1 amide bonds. The Morgan fingerprint density at radius 3 is 2.41 bits per heavy atom. The van der Waals surface area contributed by atoms with E-state index in [1.807, 2.05) is 54.6 Å². The van der Waals surface area contributed by atoms with E-state index in [4.69, 9.17) is 4.74 Å². The minimum Gasteiger partial charge on any atom is -0.446 e. The molecule has 0 saturated carbocycles. The van der Waals surface area contributed by atoms with E-state index in [-0.39, 0.29) is 12.2 Å². The number of carbonyl (C=O) groups is 1. The van der Waals surface area contributed by atoms with Gasteiger partial charge < -0.3 is 14.5 Å². The van der Waals surface area contributed by atoms with E-state index in [1.54, 1.807) is 0 Å². The van der Waals surface area contributed by atoms with Crippen LogP contribution in [0.4, 0.5) is 10.5 Å². The number of para-hydroxylation sites is 1. The maximum atomic E-state index is 12.7. The van der Waals surface area contributed by atoms with Crippen molar-refractivity contribution in [3.63, 3.8) is 0 Å². The molecule has 4 aromatic rings. The molecule has 0 aromatic heterocycles. The van der Waals surface area contributed by atoms with Crippen molar-refractivity contribution in [2.45, 2.75) is 25.5 Å². The first kappa shape index (κ1) is 25.0. The molecule has 1 fully saturated rings. The molecule has 5 nitrogen and oxygen atoms in total. The Morgan fingerprint density at radius 1 is 0.892 bits per heavy atom. The van der Waals surface area contributed by atoms with Crippen LogP contribution >= 0.6 is 0 Å². The Morgan fingerprint density at radius 2 is 1.59 bits per heavy atom. The highest BCUT2D eigenvalue weighted by atomic mass is 16.6. The smallest absolute Gasteiger partial charge is 0.411 e. The fourth-order valence-electron chi connectivity index (χ4n) is 5.04. The molecular formula is C32H35N3O2. The lowest BCUT2D eigenvalue weighted by Gasteiger charge is -2.32. The maximum absolute atomic E-state index is 12.7. The van der Waals surface area contributed by atoms with Crippen LogP contribution < -0.4 is 5.32 Å². The van der Waals surface area contributed by atoms with Crippen molar-refractivity contribution in [1.29, 1.82) is 0 Å². The molecule has 1 aliphatic rings. The second-order valence-corrected chi connectivity index (χ2v) is 9.90. The van der Waals surface area contributed by atoms with Crippen LogP contribution in [0, 0.1) is 0 Å². The summed E-state index contributed by atoms with van der Waals surface area (Å²) in [5.41, 5.74) is 4.17. The molecular weight excluding hydrogens is 458 g/mol. The lowest BCUT2D eigenvalue weighted by molar-refractivity contribution is 0.0563.